The van der Waals surface area contributed by atoms with Gasteiger partial charge in [0.25, 0.3) is 0 Å². The third-order valence-electron chi connectivity index (χ3n) is 6.52. The van der Waals surface area contributed by atoms with Crippen LogP contribution in [0.25, 0.3) is 0 Å². The van der Waals surface area contributed by atoms with Crippen LogP contribution in [-0.2, 0) is 27.2 Å². The number of hydrogen-bond acceptors (Lipinski definition) is 10. The highest BCUT2D eigenvalue weighted by Gasteiger charge is 2.28. The molecule has 0 unspecified atom stereocenters. The van der Waals surface area contributed by atoms with Crippen LogP contribution < -0.4 is 25.0 Å². The van der Waals surface area contributed by atoms with Crippen LogP contribution in [0.3, 0.4) is 0 Å². The summed E-state index contributed by atoms with van der Waals surface area (Å²) in [5.41, 5.74) is 4.68. The number of carbonyl (C=O) groups is 4. The second kappa shape index (κ2) is 13.8. The molecule has 0 spiro atoms. The predicted octanol–water partition coefficient (Wildman–Crippen LogP) is 4.52. The Morgan fingerprint density at radius 2 is 1.60 bits per heavy atom. The van der Waals surface area contributed by atoms with E-state index in [1.165, 1.54) is 25.6 Å². The highest BCUT2D eigenvalue weighted by molar-refractivity contribution is 7.17. The first kappa shape index (κ1) is 30.3. The third-order valence-corrected chi connectivity index (χ3v) is 7.73. The molecule has 0 bridgehead atoms. The highest BCUT2D eigenvalue weighted by atomic mass is 32.1. The summed E-state index contributed by atoms with van der Waals surface area (Å²) in [6.07, 6.45) is 3.46. The van der Waals surface area contributed by atoms with Crippen molar-refractivity contribution in [2.24, 2.45) is 5.10 Å². The molecule has 0 aliphatic heterocycles. The molecule has 0 saturated carbocycles. The van der Waals surface area contributed by atoms with Gasteiger partial charge in [-0.2, -0.15) is 5.10 Å². The Morgan fingerprint density at radius 1 is 0.881 bits per heavy atom. The standard InChI is InChI=1S/C30H31N3O8S/c1-5-40-30(37)25-21-8-6-7-9-24(21)42-28(25)31-26(34)27(35)33-32-17(2)19-12-15-22(23(16-19)39-4)41-29(36)18-10-13-20(38-3)14-11-18/h10-16H,5-9H2,1-4H3,(H,31,34)(H,33,35)/b32-17+. The van der Waals surface area contributed by atoms with E-state index in [1.54, 1.807) is 56.3 Å². The quantitative estimate of drug-likeness (QED) is 0.121. The van der Waals surface area contributed by atoms with Crippen molar-refractivity contribution in [1.82, 2.24) is 5.43 Å². The Hall–Kier alpha value is -4.71. The van der Waals surface area contributed by atoms with Gasteiger partial charge >= 0.3 is 23.8 Å². The molecule has 4 rings (SSSR count). The van der Waals surface area contributed by atoms with Gasteiger partial charge in [-0.1, -0.05) is 0 Å². The number of fused-ring (bicyclic) bond motifs is 1. The summed E-state index contributed by atoms with van der Waals surface area (Å²) in [5.74, 6) is -2.00. The lowest BCUT2D eigenvalue weighted by Gasteiger charge is -2.12. The lowest BCUT2D eigenvalue weighted by atomic mass is 9.95. The minimum atomic E-state index is -1.01. The van der Waals surface area contributed by atoms with Gasteiger partial charge in [0.15, 0.2) is 11.5 Å². The van der Waals surface area contributed by atoms with Gasteiger partial charge < -0.3 is 24.3 Å². The summed E-state index contributed by atoms with van der Waals surface area (Å²) in [7, 11) is 2.96. The van der Waals surface area contributed by atoms with Crippen LogP contribution in [-0.4, -0.2) is 50.3 Å². The number of hydrogen-bond donors (Lipinski definition) is 2. The van der Waals surface area contributed by atoms with Crippen molar-refractivity contribution in [3.8, 4) is 17.2 Å². The highest BCUT2D eigenvalue weighted by Crippen LogP contribution is 2.38. The van der Waals surface area contributed by atoms with Crippen LogP contribution in [0.5, 0.6) is 17.2 Å². The number of nitrogens with zero attached hydrogens (tertiary/aromatic N) is 1. The Kier molecular flexibility index (Phi) is 9.92. The van der Waals surface area contributed by atoms with Gasteiger partial charge in [0.1, 0.15) is 10.8 Å². The van der Waals surface area contributed by atoms with E-state index in [-0.39, 0.29) is 18.1 Å². The number of benzene rings is 2. The van der Waals surface area contributed by atoms with E-state index in [4.69, 9.17) is 18.9 Å². The van der Waals surface area contributed by atoms with Crippen LogP contribution in [0.2, 0.25) is 0 Å². The number of esters is 2. The summed E-state index contributed by atoms with van der Waals surface area (Å²) in [6, 6.07) is 11.2. The van der Waals surface area contributed by atoms with Gasteiger partial charge in [0.2, 0.25) is 0 Å². The monoisotopic (exact) mass is 593 g/mol. The van der Waals surface area contributed by atoms with Crippen molar-refractivity contribution in [3.05, 3.63) is 69.6 Å². The number of aryl methyl sites for hydroxylation is 1. The minimum Gasteiger partial charge on any atom is -0.497 e. The van der Waals surface area contributed by atoms with E-state index in [0.717, 1.165) is 29.7 Å². The second-order valence-corrected chi connectivity index (χ2v) is 10.3. The fourth-order valence-corrected chi connectivity index (χ4v) is 5.62. The zero-order valence-corrected chi connectivity index (χ0v) is 24.5. The molecule has 12 heteroatoms. The molecule has 2 amide bonds. The Bertz CT molecular complexity index is 1530. The maximum atomic E-state index is 12.7. The number of hydrazone groups is 1. The molecule has 2 aromatic carbocycles. The molecule has 1 aliphatic rings. The SMILES string of the molecule is CCOC(=O)c1c(NC(=O)C(=O)N/N=C(\C)c2ccc(OC(=O)c3ccc(OC)cc3)c(OC)c2)sc2c1CCCC2. The number of carbonyl (C=O) groups excluding carboxylic acids is 4. The van der Waals surface area contributed by atoms with Crippen molar-refractivity contribution >= 4 is 45.8 Å². The molecule has 1 aliphatic carbocycles. The largest absolute Gasteiger partial charge is 0.497 e. The molecule has 11 nitrogen and oxygen atoms in total. The first-order valence-electron chi connectivity index (χ1n) is 13.3. The van der Waals surface area contributed by atoms with Gasteiger partial charge in [0, 0.05) is 10.4 Å². The maximum absolute atomic E-state index is 12.7. The first-order chi connectivity index (χ1) is 20.2. The fourth-order valence-electron chi connectivity index (χ4n) is 4.35. The maximum Gasteiger partial charge on any atom is 0.343 e. The van der Waals surface area contributed by atoms with Gasteiger partial charge in [-0.05, 0) is 87.6 Å². The molecule has 0 saturated heterocycles. The van der Waals surface area contributed by atoms with Crippen LogP contribution in [0.1, 0.15) is 63.4 Å². The lowest BCUT2D eigenvalue weighted by molar-refractivity contribution is -0.136. The molecule has 0 atom stereocenters. The van der Waals surface area contributed by atoms with E-state index in [2.05, 4.69) is 15.8 Å². The van der Waals surface area contributed by atoms with Crippen molar-refractivity contribution < 1.29 is 38.1 Å². The van der Waals surface area contributed by atoms with Crippen LogP contribution >= 0.6 is 11.3 Å². The first-order valence-corrected chi connectivity index (χ1v) is 14.1. The van der Waals surface area contributed by atoms with Gasteiger partial charge in [-0.15, -0.1) is 11.3 Å². The number of amides is 2. The number of nitrogens with one attached hydrogen (secondary N) is 2. The molecule has 1 heterocycles. The summed E-state index contributed by atoms with van der Waals surface area (Å²) >= 11 is 1.29. The Morgan fingerprint density at radius 3 is 2.29 bits per heavy atom. The molecule has 0 radical (unpaired) electrons. The molecular weight excluding hydrogens is 562 g/mol. The zero-order chi connectivity index (χ0) is 30.2. The number of ether oxygens (including phenoxy) is 4. The van der Waals surface area contributed by atoms with Gasteiger partial charge in [-0.3, -0.25) is 9.59 Å². The molecule has 1 aromatic heterocycles. The number of thiophene rings is 1. The van der Waals surface area contributed by atoms with E-state index in [9.17, 15) is 19.2 Å². The average Bonchev–Trinajstić information content (AvgIpc) is 3.37. The van der Waals surface area contributed by atoms with Crippen molar-refractivity contribution in [3.63, 3.8) is 0 Å². The van der Waals surface area contributed by atoms with E-state index in [0.29, 0.717) is 39.6 Å². The second-order valence-electron chi connectivity index (χ2n) is 9.21. The summed E-state index contributed by atoms with van der Waals surface area (Å²) < 4.78 is 21.2. The van der Waals surface area contributed by atoms with Crippen LogP contribution in [0.15, 0.2) is 47.6 Å². The molecule has 42 heavy (non-hydrogen) atoms. The third kappa shape index (κ3) is 6.95. The summed E-state index contributed by atoms with van der Waals surface area (Å²) in [5, 5.41) is 6.88. The van der Waals surface area contributed by atoms with Crippen molar-refractivity contribution in [2.45, 2.75) is 39.5 Å². The van der Waals surface area contributed by atoms with E-state index >= 15 is 0 Å². The molecule has 220 valence electrons. The predicted molar refractivity (Wildman–Crippen MR) is 157 cm³/mol. The fraction of sp³-hybridized carbons (Fsp3) is 0.300. The van der Waals surface area contributed by atoms with Crippen LogP contribution in [0.4, 0.5) is 5.00 Å². The lowest BCUT2D eigenvalue weighted by Crippen LogP contribution is -2.33. The smallest absolute Gasteiger partial charge is 0.343 e. The number of methoxy groups -OCH3 is 2. The van der Waals surface area contributed by atoms with Gasteiger partial charge in [0.05, 0.1) is 37.7 Å². The Balaban J connectivity index is 1.42. The summed E-state index contributed by atoms with van der Waals surface area (Å²) in [6.45, 7) is 3.53. The van der Waals surface area contributed by atoms with E-state index < -0.39 is 23.8 Å². The van der Waals surface area contributed by atoms with E-state index in [1.807, 2.05) is 0 Å². The average molecular weight is 594 g/mol. The topological polar surface area (TPSA) is 142 Å². The Labute approximate surface area is 246 Å². The molecule has 2 N–H and O–H groups in total. The van der Waals surface area contributed by atoms with Crippen molar-refractivity contribution in [1.29, 1.82) is 0 Å². The minimum absolute atomic E-state index is 0.189. The molecular formula is C30H31N3O8S. The molecule has 3 aromatic rings. The zero-order valence-electron chi connectivity index (χ0n) is 23.7. The molecule has 0 fully saturated rings. The summed E-state index contributed by atoms with van der Waals surface area (Å²) in [4.78, 5) is 51.5. The normalized spacial score (nSPS) is 12.5. The number of rotatable bonds is 9. The van der Waals surface area contributed by atoms with Crippen LogP contribution in [0, 0.1) is 0 Å². The number of anilines is 1. The van der Waals surface area contributed by atoms with Gasteiger partial charge in [-0.25, -0.2) is 15.0 Å². The van der Waals surface area contributed by atoms with Crippen molar-refractivity contribution in [2.75, 3.05) is 26.1 Å².